The normalized spacial score (nSPS) is 16.6. The first-order valence-corrected chi connectivity index (χ1v) is 3.63. The molecule has 10 heavy (non-hydrogen) atoms. The summed E-state index contributed by atoms with van der Waals surface area (Å²) >= 11 is 0. The molecular formula is C8H11BO. The fourth-order valence-corrected chi connectivity index (χ4v) is 0.873. The van der Waals surface area contributed by atoms with E-state index in [1.807, 2.05) is 6.08 Å². The van der Waals surface area contributed by atoms with E-state index in [0.29, 0.717) is 12.9 Å². The number of rotatable bonds is 3. The van der Waals surface area contributed by atoms with E-state index in [-0.39, 0.29) is 0 Å². The maximum Gasteiger partial charge on any atom is 0.114 e. The molecule has 2 radical (unpaired) electrons. The smallest absolute Gasteiger partial charge is 0.114 e. The third kappa shape index (κ3) is 2.30. The van der Waals surface area contributed by atoms with Gasteiger partial charge in [0.25, 0.3) is 0 Å². The lowest BCUT2D eigenvalue weighted by Gasteiger charge is -2.07. The van der Waals surface area contributed by atoms with Crippen molar-refractivity contribution in [3.8, 4) is 0 Å². The Morgan fingerprint density at radius 3 is 3.00 bits per heavy atom. The van der Waals surface area contributed by atoms with E-state index >= 15 is 0 Å². The summed E-state index contributed by atoms with van der Waals surface area (Å²) in [6, 6.07) is 0. The van der Waals surface area contributed by atoms with Gasteiger partial charge in [0, 0.05) is 0 Å². The van der Waals surface area contributed by atoms with Crippen molar-refractivity contribution in [2.24, 2.45) is 0 Å². The Morgan fingerprint density at radius 1 is 1.50 bits per heavy atom. The molecule has 0 fully saturated rings. The van der Waals surface area contributed by atoms with Crippen LogP contribution in [0.4, 0.5) is 0 Å². The molecule has 0 spiro atoms. The van der Waals surface area contributed by atoms with Crippen LogP contribution in [0.25, 0.3) is 0 Å². The van der Waals surface area contributed by atoms with Crippen molar-refractivity contribution >= 4 is 7.85 Å². The average molecular weight is 134 g/mol. The van der Waals surface area contributed by atoms with E-state index in [0.717, 1.165) is 18.6 Å². The second-order valence-electron chi connectivity index (χ2n) is 2.22. The quantitative estimate of drug-likeness (QED) is 0.535. The van der Waals surface area contributed by atoms with Crippen molar-refractivity contribution in [3.63, 3.8) is 0 Å². The molecule has 0 atom stereocenters. The molecule has 2 heteroatoms. The Balaban J connectivity index is 2.26. The molecule has 1 aliphatic carbocycles. The first-order chi connectivity index (χ1) is 4.93. The molecule has 0 amide bonds. The summed E-state index contributed by atoms with van der Waals surface area (Å²) in [4.78, 5) is 0. The lowest BCUT2D eigenvalue weighted by atomic mass is 10.1. The highest BCUT2D eigenvalue weighted by Gasteiger charge is 1.95. The largest absolute Gasteiger partial charge is 0.495 e. The lowest BCUT2D eigenvalue weighted by Crippen LogP contribution is -1.94. The van der Waals surface area contributed by atoms with Gasteiger partial charge in [-0.3, -0.25) is 0 Å². The van der Waals surface area contributed by atoms with Crippen LogP contribution in [-0.4, -0.2) is 14.5 Å². The Morgan fingerprint density at radius 2 is 2.40 bits per heavy atom. The molecule has 0 saturated carbocycles. The number of allylic oxidation sites excluding steroid dienone is 3. The Kier molecular flexibility index (Phi) is 3.13. The first-order valence-electron chi connectivity index (χ1n) is 3.63. The summed E-state index contributed by atoms with van der Waals surface area (Å²) in [6.45, 7) is 0.621. The Labute approximate surface area is 63.2 Å². The van der Waals surface area contributed by atoms with Gasteiger partial charge in [-0.05, 0) is 25.0 Å². The second kappa shape index (κ2) is 4.21. The van der Waals surface area contributed by atoms with Gasteiger partial charge in [-0.2, -0.15) is 0 Å². The summed E-state index contributed by atoms with van der Waals surface area (Å²) in [5.41, 5.74) is 0. The zero-order chi connectivity index (χ0) is 7.23. The van der Waals surface area contributed by atoms with Crippen molar-refractivity contribution in [2.75, 3.05) is 6.61 Å². The van der Waals surface area contributed by atoms with Gasteiger partial charge in [-0.25, -0.2) is 0 Å². The van der Waals surface area contributed by atoms with Crippen LogP contribution in [0.5, 0.6) is 0 Å². The van der Waals surface area contributed by atoms with Crippen molar-refractivity contribution in [1.82, 2.24) is 0 Å². The van der Waals surface area contributed by atoms with E-state index in [9.17, 15) is 0 Å². The predicted octanol–water partition coefficient (Wildman–Crippen LogP) is 1.82. The average Bonchev–Trinajstić information content (AvgIpc) is 2.03. The molecule has 1 aliphatic rings. The van der Waals surface area contributed by atoms with Gasteiger partial charge in [-0.1, -0.05) is 12.4 Å². The van der Waals surface area contributed by atoms with Gasteiger partial charge in [0.1, 0.15) is 5.76 Å². The minimum absolute atomic E-state index is 0.588. The van der Waals surface area contributed by atoms with E-state index < -0.39 is 0 Å². The topological polar surface area (TPSA) is 9.23 Å². The fourth-order valence-electron chi connectivity index (χ4n) is 0.873. The van der Waals surface area contributed by atoms with Gasteiger partial charge in [0.05, 0.1) is 14.5 Å². The van der Waals surface area contributed by atoms with E-state index in [1.165, 1.54) is 0 Å². The maximum absolute atomic E-state index is 5.28. The van der Waals surface area contributed by atoms with Crippen LogP contribution >= 0.6 is 0 Å². The minimum atomic E-state index is 0.588. The maximum atomic E-state index is 5.28. The van der Waals surface area contributed by atoms with Crippen LogP contribution in [0.1, 0.15) is 12.8 Å². The molecule has 52 valence electrons. The van der Waals surface area contributed by atoms with Crippen LogP contribution in [0.15, 0.2) is 24.0 Å². The molecule has 0 aromatic rings. The lowest BCUT2D eigenvalue weighted by molar-refractivity contribution is 0.240. The zero-order valence-corrected chi connectivity index (χ0v) is 6.05. The molecule has 0 saturated heterocycles. The highest BCUT2D eigenvalue weighted by Crippen LogP contribution is 2.10. The zero-order valence-electron chi connectivity index (χ0n) is 6.05. The molecular weight excluding hydrogens is 123 g/mol. The van der Waals surface area contributed by atoms with Gasteiger partial charge in [-0.15, -0.1) is 0 Å². The second-order valence-corrected chi connectivity index (χ2v) is 2.22. The Hall–Kier alpha value is -0.655. The van der Waals surface area contributed by atoms with Crippen LogP contribution in [0.3, 0.4) is 0 Å². The molecule has 0 aliphatic heterocycles. The van der Waals surface area contributed by atoms with E-state index in [1.54, 1.807) is 0 Å². The van der Waals surface area contributed by atoms with Crippen molar-refractivity contribution in [1.29, 1.82) is 0 Å². The van der Waals surface area contributed by atoms with Gasteiger partial charge in [0.15, 0.2) is 0 Å². The van der Waals surface area contributed by atoms with Gasteiger partial charge in [0.2, 0.25) is 0 Å². The third-order valence-corrected chi connectivity index (χ3v) is 1.35. The monoisotopic (exact) mass is 134 g/mol. The predicted molar refractivity (Wildman–Crippen MR) is 43.0 cm³/mol. The van der Waals surface area contributed by atoms with Crippen LogP contribution in [0.2, 0.25) is 6.32 Å². The first kappa shape index (κ1) is 7.45. The summed E-state index contributed by atoms with van der Waals surface area (Å²) in [6.07, 6.45) is 9.03. The van der Waals surface area contributed by atoms with E-state index in [4.69, 9.17) is 12.6 Å². The number of hydrogen-bond donors (Lipinski definition) is 0. The third-order valence-electron chi connectivity index (χ3n) is 1.35. The van der Waals surface area contributed by atoms with Crippen LogP contribution in [-0.2, 0) is 4.74 Å². The number of hydrogen-bond acceptors (Lipinski definition) is 1. The minimum Gasteiger partial charge on any atom is -0.495 e. The number of ether oxygens (including phenoxy) is 1. The van der Waals surface area contributed by atoms with Crippen molar-refractivity contribution < 1.29 is 4.74 Å². The molecule has 1 nitrogen and oxygen atoms in total. The molecule has 0 N–H and O–H groups in total. The summed E-state index contributed by atoms with van der Waals surface area (Å²) in [5, 5.41) is 0. The molecule has 0 bridgehead atoms. The molecule has 0 aromatic carbocycles. The summed E-state index contributed by atoms with van der Waals surface area (Å²) < 4.78 is 5.28. The highest BCUT2D eigenvalue weighted by atomic mass is 16.5. The summed E-state index contributed by atoms with van der Waals surface area (Å²) in [5.74, 6) is 0.969. The highest BCUT2D eigenvalue weighted by molar-refractivity contribution is 6.08. The molecule has 1 rings (SSSR count). The van der Waals surface area contributed by atoms with Gasteiger partial charge >= 0.3 is 0 Å². The standard InChI is InChI=1S/C8H11BO/c9-6-7-10-8-4-2-1-3-5-8/h2,4-5H,1,3,6-7H2. The Bertz CT molecular complexity index is 149. The van der Waals surface area contributed by atoms with Crippen molar-refractivity contribution in [3.05, 3.63) is 24.0 Å². The van der Waals surface area contributed by atoms with Crippen LogP contribution < -0.4 is 0 Å². The molecule has 0 aromatic heterocycles. The van der Waals surface area contributed by atoms with E-state index in [2.05, 4.69) is 12.2 Å². The molecule has 0 heterocycles. The molecule has 0 unspecified atom stereocenters. The summed E-state index contributed by atoms with van der Waals surface area (Å²) in [7, 11) is 5.27. The SMILES string of the molecule is [B]CCOC1=CCCC=C1. The fraction of sp³-hybridized carbons (Fsp3) is 0.500. The van der Waals surface area contributed by atoms with Crippen LogP contribution in [0, 0.1) is 0 Å². The van der Waals surface area contributed by atoms with Gasteiger partial charge < -0.3 is 4.74 Å². The van der Waals surface area contributed by atoms with Crippen molar-refractivity contribution in [2.45, 2.75) is 19.2 Å².